The molecule has 0 aromatic carbocycles. The van der Waals surface area contributed by atoms with Crippen molar-refractivity contribution in [3.05, 3.63) is 12.2 Å². The van der Waals surface area contributed by atoms with Crippen LogP contribution in [-0.2, 0) is 0 Å². The number of rotatable bonds is 15. The number of quaternary nitrogens is 1. The van der Waals surface area contributed by atoms with Crippen molar-refractivity contribution in [3.8, 4) is 0 Å². The number of allylic oxidation sites excluding steroid dienone is 2. The van der Waals surface area contributed by atoms with Gasteiger partial charge in [0.15, 0.2) is 0 Å². The molecule has 0 saturated heterocycles. The zero-order chi connectivity index (χ0) is 15.8. The van der Waals surface area contributed by atoms with Gasteiger partial charge in [-0.25, -0.2) is 0 Å². The van der Waals surface area contributed by atoms with Crippen molar-refractivity contribution in [1.29, 1.82) is 0 Å². The first-order chi connectivity index (χ1) is 10.1. The summed E-state index contributed by atoms with van der Waals surface area (Å²) in [6.45, 7) is 6.76. The van der Waals surface area contributed by atoms with Crippen molar-refractivity contribution < 1.29 is 5.73 Å². The van der Waals surface area contributed by atoms with E-state index in [1.54, 1.807) is 0 Å². The molecule has 0 aliphatic rings. The van der Waals surface area contributed by atoms with E-state index in [1.807, 2.05) is 0 Å². The van der Waals surface area contributed by atoms with Gasteiger partial charge in [0, 0.05) is 6.42 Å². The molecule has 0 saturated carbocycles. The molecular weight excluding hydrogens is 254 g/mol. The monoisotopic (exact) mass is 296 g/mol. The normalized spacial score (nSPS) is 12.4. The van der Waals surface area contributed by atoms with Crippen LogP contribution in [0.4, 0.5) is 0 Å². The maximum atomic E-state index is 4.16. The Morgan fingerprint density at radius 3 is 1.57 bits per heavy atom. The predicted octanol–water partition coefficient (Wildman–Crippen LogP) is 6.04. The molecule has 0 atom stereocenters. The third kappa shape index (κ3) is 19.7. The quantitative estimate of drug-likeness (QED) is 0.282. The average molecular weight is 297 g/mol. The highest BCUT2D eigenvalue weighted by atomic mass is 14.7. The molecule has 21 heavy (non-hydrogen) atoms. The highest BCUT2D eigenvalue weighted by Gasteiger charge is 2.12. The van der Waals surface area contributed by atoms with Gasteiger partial charge in [0.05, 0.1) is 5.54 Å². The molecule has 0 aliphatic carbocycles. The number of hydrogen-bond acceptors (Lipinski definition) is 0. The standard InChI is InChI=1S/C20H41N/c1-4-5-6-7-8-9-10-11-12-13-14-15-16-17-18-19-20(2,3)21/h11-12H,4-10,13-19,21H2,1-3H3/p+1/b12-11+. The summed E-state index contributed by atoms with van der Waals surface area (Å²) in [4.78, 5) is 0. The molecule has 0 heterocycles. The maximum Gasteiger partial charge on any atom is 0.0889 e. The Kier molecular flexibility index (Phi) is 14.4. The summed E-state index contributed by atoms with van der Waals surface area (Å²) in [7, 11) is 0. The minimum Gasteiger partial charge on any atom is -0.353 e. The van der Waals surface area contributed by atoms with E-state index in [4.69, 9.17) is 0 Å². The summed E-state index contributed by atoms with van der Waals surface area (Å²) in [6, 6.07) is 0. The second kappa shape index (κ2) is 14.6. The molecule has 0 fully saturated rings. The first-order valence-electron chi connectivity index (χ1n) is 9.56. The summed E-state index contributed by atoms with van der Waals surface area (Å²) in [5.74, 6) is 0. The van der Waals surface area contributed by atoms with Crippen LogP contribution < -0.4 is 5.73 Å². The molecule has 0 radical (unpaired) electrons. The molecule has 0 aromatic heterocycles. The summed E-state index contributed by atoms with van der Waals surface area (Å²) in [5.41, 5.74) is 4.44. The van der Waals surface area contributed by atoms with E-state index in [0.29, 0.717) is 0 Å². The molecule has 126 valence electrons. The van der Waals surface area contributed by atoms with Crippen LogP contribution in [0.5, 0.6) is 0 Å². The van der Waals surface area contributed by atoms with Crippen LogP contribution in [-0.4, -0.2) is 5.54 Å². The molecule has 0 spiro atoms. The Bertz CT molecular complexity index is 224. The SMILES string of the molecule is CCCCCCCC/C=C/CCCCCCCC(C)(C)[NH3+]. The van der Waals surface area contributed by atoms with Crippen molar-refractivity contribution in [2.24, 2.45) is 0 Å². The van der Waals surface area contributed by atoms with E-state index >= 15 is 0 Å². The summed E-state index contributed by atoms with van der Waals surface area (Å²) in [5, 5.41) is 0. The van der Waals surface area contributed by atoms with E-state index in [9.17, 15) is 0 Å². The van der Waals surface area contributed by atoms with Gasteiger partial charge in [0.25, 0.3) is 0 Å². The number of unbranched alkanes of at least 4 members (excludes halogenated alkanes) is 11. The Morgan fingerprint density at radius 2 is 1.10 bits per heavy atom. The molecule has 1 heteroatoms. The minimum absolute atomic E-state index is 0.277. The third-order valence-corrected chi connectivity index (χ3v) is 4.12. The smallest absolute Gasteiger partial charge is 0.0889 e. The molecule has 0 rings (SSSR count). The van der Waals surface area contributed by atoms with Gasteiger partial charge in [0.1, 0.15) is 0 Å². The Labute approximate surface area is 134 Å². The van der Waals surface area contributed by atoms with Gasteiger partial charge < -0.3 is 5.73 Å². The van der Waals surface area contributed by atoms with Crippen LogP contribution >= 0.6 is 0 Å². The lowest BCUT2D eigenvalue weighted by Crippen LogP contribution is -2.68. The second-order valence-electron chi connectivity index (χ2n) is 7.50. The lowest BCUT2D eigenvalue weighted by molar-refractivity contribution is -0.467. The van der Waals surface area contributed by atoms with Crippen LogP contribution in [0.2, 0.25) is 0 Å². The predicted molar refractivity (Wildman–Crippen MR) is 96.4 cm³/mol. The highest BCUT2D eigenvalue weighted by Crippen LogP contribution is 2.12. The average Bonchev–Trinajstić information content (AvgIpc) is 2.42. The molecule has 3 N–H and O–H groups in total. The van der Waals surface area contributed by atoms with Crippen LogP contribution in [0.3, 0.4) is 0 Å². The van der Waals surface area contributed by atoms with Gasteiger partial charge in [0.2, 0.25) is 0 Å². The van der Waals surface area contributed by atoms with Gasteiger partial charge >= 0.3 is 0 Å². The van der Waals surface area contributed by atoms with Crippen LogP contribution in [0.25, 0.3) is 0 Å². The zero-order valence-corrected chi connectivity index (χ0v) is 15.3. The Balaban J connectivity index is 3.12. The lowest BCUT2D eigenvalue weighted by atomic mass is 9.97. The van der Waals surface area contributed by atoms with Gasteiger partial charge in [-0.15, -0.1) is 0 Å². The van der Waals surface area contributed by atoms with Gasteiger partial charge in [-0.3, -0.25) is 0 Å². The minimum atomic E-state index is 0.277. The molecule has 0 aromatic rings. The molecule has 0 aliphatic heterocycles. The highest BCUT2D eigenvalue weighted by molar-refractivity contribution is 4.81. The van der Waals surface area contributed by atoms with E-state index in [0.717, 1.165) is 0 Å². The van der Waals surface area contributed by atoms with Gasteiger partial charge in [-0.2, -0.15) is 0 Å². The molecule has 0 unspecified atom stereocenters. The van der Waals surface area contributed by atoms with E-state index in [-0.39, 0.29) is 5.54 Å². The third-order valence-electron chi connectivity index (χ3n) is 4.12. The fourth-order valence-electron chi connectivity index (χ4n) is 2.67. The summed E-state index contributed by atoms with van der Waals surface area (Å²) in [6.07, 6.45) is 24.1. The fraction of sp³-hybridized carbons (Fsp3) is 0.900. The van der Waals surface area contributed by atoms with Crippen molar-refractivity contribution in [2.75, 3.05) is 0 Å². The first kappa shape index (κ1) is 20.7. The Hall–Kier alpha value is -0.300. The van der Waals surface area contributed by atoms with Crippen molar-refractivity contribution >= 4 is 0 Å². The topological polar surface area (TPSA) is 27.6 Å². The summed E-state index contributed by atoms with van der Waals surface area (Å²) < 4.78 is 0. The molecule has 1 nitrogen and oxygen atoms in total. The van der Waals surface area contributed by atoms with Crippen molar-refractivity contribution in [3.63, 3.8) is 0 Å². The zero-order valence-electron chi connectivity index (χ0n) is 15.3. The van der Waals surface area contributed by atoms with Crippen LogP contribution in [0.15, 0.2) is 12.2 Å². The van der Waals surface area contributed by atoms with E-state index < -0.39 is 0 Å². The van der Waals surface area contributed by atoms with Gasteiger partial charge in [-0.1, -0.05) is 70.4 Å². The van der Waals surface area contributed by atoms with Crippen molar-refractivity contribution in [2.45, 2.75) is 116 Å². The van der Waals surface area contributed by atoms with E-state index in [2.05, 4.69) is 38.7 Å². The Morgan fingerprint density at radius 1 is 0.667 bits per heavy atom. The fourth-order valence-corrected chi connectivity index (χ4v) is 2.67. The number of hydrogen-bond donors (Lipinski definition) is 1. The van der Waals surface area contributed by atoms with Crippen LogP contribution in [0.1, 0.15) is 111 Å². The molecular formula is C20H42N+. The first-order valence-corrected chi connectivity index (χ1v) is 9.56. The largest absolute Gasteiger partial charge is 0.353 e. The second-order valence-corrected chi connectivity index (χ2v) is 7.50. The maximum absolute atomic E-state index is 4.16. The van der Waals surface area contributed by atoms with Gasteiger partial charge in [-0.05, 0) is 46.0 Å². The lowest BCUT2D eigenvalue weighted by Gasteiger charge is -2.13. The van der Waals surface area contributed by atoms with Crippen LogP contribution in [0, 0.1) is 0 Å². The molecule has 0 bridgehead atoms. The van der Waals surface area contributed by atoms with E-state index in [1.165, 1.54) is 89.9 Å². The molecule has 0 amide bonds. The summed E-state index contributed by atoms with van der Waals surface area (Å²) >= 11 is 0. The van der Waals surface area contributed by atoms with Crippen molar-refractivity contribution in [1.82, 2.24) is 0 Å².